The van der Waals surface area contributed by atoms with E-state index in [0.717, 1.165) is 11.9 Å². The summed E-state index contributed by atoms with van der Waals surface area (Å²) >= 11 is 0. The van der Waals surface area contributed by atoms with Crippen LogP contribution in [0.5, 0.6) is 0 Å². The molecule has 4 amide bonds. The molecule has 1 saturated heterocycles. The Kier molecular flexibility index (Phi) is 3.71. The molecule has 4 rings (SSSR count). The number of aryl methyl sites for hydroxylation is 1. The van der Waals surface area contributed by atoms with Crippen LogP contribution in [-0.2, 0) is 22.6 Å². The van der Waals surface area contributed by atoms with Crippen LogP contribution in [0, 0.1) is 6.92 Å². The van der Waals surface area contributed by atoms with E-state index in [0.29, 0.717) is 19.5 Å². The first-order valence-corrected chi connectivity index (χ1v) is 8.51. The molecular weight excluding hydrogens is 320 g/mol. The third kappa shape index (κ3) is 2.75. The zero-order valence-corrected chi connectivity index (χ0v) is 14.0. The number of hydrogen-bond donors (Lipinski definition) is 3. The number of carbonyl (C=O) groups is 3. The molecule has 3 heterocycles. The fourth-order valence-corrected chi connectivity index (χ4v) is 3.69. The van der Waals surface area contributed by atoms with Gasteiger partial charge in [0.15, 0.2) is 0 Å². The van der Waals surface area contributed by atoms with Crippen molar-refractivity contribution in [2.24, 2.45) is 0 Å². The maximum absolute atomic E-state index is 12.5. The van der Waals surface area contributed by atoms with Gasteiger partial charge in [-0.2, -0.15) is 0 Å². The monoisotopic (exact) mass is 340 g/mol. The van der Waals surface area contributed by atoms with Gasteiger partial charge in [0.05, 0.1) is 0 Å². The highest BCUT2D eigenvalue weighted by Crippen LogP contribution is 2.29. The van der Waals surface area contributed by atoms with Crippen LogP contribution in [0.25, 0.3) is 10.9 Å². The molecule has 0 unspecified atom stereocenters. The highest BCUT2D eigenvalue weighted by Gasteiger charge is 2.31. The molecule has 3 N–H and O–H groups in total. The van der Waals surface area contributed by atoms with Crippen molar-refractivity contribution in [1.82, 2.24) is 20.5 Å². The minimum Gasteiger partial charge on any atom is -0.358 e. The predicted molar refractivity (Wildman–Crippen MR) is 91.9 cm³/mol. The molecule has 7 heteroatoms. The van der Waals surface area contributed by atoms with Gasteiger partial charge in [0.25, 0.3) is 5.91 Å². The van der Waals surface area contributed by atoms with E-state index in [9.17, 15) is 14.4 Å². The highest BCUT2D eigenvalue weighted by atomic mass is 16.2. The lowest BCUT2D eigenvalue weighted by Crippen LogP contribution is -2.37. The number of amides is 4. The van der Waals surface area contributed by atoms with Crippen LogP contribution in [0.1, 0.15) is 29.7 Å². The summed E-state index contributed by atoms with van der Waals surface area (Å²) in [4.78, 5) is 40.6. The molecule has 0 radical (unpaired) electrons. The number of hydrogen-bond acceptors (Lipinski definition) is 3. The fourth-order valence-electron chi connectivity index (χ4n) is 3.69. The third-order valence-electron chi connectivity index (χ3n) is 5.08. The van der Waals surface area contributed by atoms with E-state index < -0.39 is 12.1 Å². The number of H-pyrrole nitrogens is 1. The van der Waals surface area contributed by atoms with Gasteiger partial charge < -0.3 is 15.2 Å². The molecule has 1 atom stereocenters. The first-order valence-electron chi connectivity index (χ1n) is 8.51. The zero-order valence-electron chi connectivity index (χ0n) is 14.0. The second-order valence-electron chi connectivity index (χ2n) is 6.70. The molecule has 0 aliphatic carbocycles. The van der Waals surface area contributed by atoms with Gasteiger partial charge in [0.2, 0.25) is 5.91 Å². The number of nitrogens with one attached hydrogen (secondary N) is 3. The molecule has 2 aliphatic rings. The predicted octanol–water partition coefficient (Wildman–Crippen LogP) is 1.35. The SMILES string of the molecule is Cc1cccc2c3c([nH]c12)CCN(C(=O)CC[C@@H]1NC(=O)NC1=O)C3. The lowest BCUT2D eigenvalue weighted by molar-refractivity contribution is -0.132. The van der Waals surface area contributed by atoms with Crippen LogP contribution in [-0.4, -0.2) is 40.3 Å². The summed E-state index contributed by atoms with van der Waals surface area (Å²) in [5, 5.41) is 5.89. The molecule has 0 bridgehead atoms. The zero-order chi connectivity index (χ0) is 17.6. The van der Waals surface area contributed by atoms with Gasteiger partial charge in [0.1, 0.15) is 6.04 Å². The van der Waals surface area contributed by atoms with Gasteiger partial charge in [-0.25, -0.2) is 4.79 Å². The number of para-hydroxylation sites is 1. The number of nitrogens with zero attached hydrogens (tertiary/aromatic N) is 1. The number of urea groups is 1. The number of benzene rings is 1. The summed E-state index contributed by atoms with van der Waals surface area (Å²) in [6.45, 7) is 3.33. The minimum absolute atomic E-state index is 0.0154. The van der Waals surface area contributed by atoms with E-state index in [2.05, 4.69) is 34.7 Å². The van der Waals surface area contributed by atoms with E-state index in [1.807, 2.05) is 11.0 Å². The van der Waals surface area contributed by atoms with Crippen LogP contribution < -0.4 is 10.6 Å². The van der Waals surface area contributed by atoms with Crippen molar-refractivity contribution < 1.29 is 14.4 Å². The average molecular weight is 340 g/mol. The Bertz CT molecular complexity index is 886. The van der Waals surface area contributed by atoms with Crippen molar-refractivity contribution in [2.45, 2.75) is 38.8 Å². The first kappa shape index (κ1) is 15.7. The van der Waals surface area contributed by atoms with Gasteiger partial charge in [-0.15, -0.1) is 0 Å². The summed E-state index contributed by atoms with van der Waals surface area (Å²) in [5.41, 5.74) is 4.74. The molecule has 7 nitrogen and oxygen atoms in total. The topological polar surface area (TPSA) is 94.3 Å². The molecule has 0 saturated carbocycles. The molecule has 130 valence electrons. The van der Waals surface area contributed by atoms with E-state index in [1.54, 1.807) is 0 Å². The summed E-state index contributed by atoms with van der Waals surface area (Å²) in [6.07, 6.45) is 1.37. The molecule has 2 aromatic rings. The Labute approximate surface area is 144 Å². The molecular formula is C18H20N4O3. The normalized spacial score (nSPS) is 19.7. The van der Waals surface area contributed by atoms with Gasteiger partial charge in [-0.3, -0.25) is 14.9 Å². The summed E-state index contributed by atoms with van der Waals surface area (Å²) in [7, 11) is 0. The largest absolute Gasteiger partial charge is 0.358 e. The number of carbonyl (C=O) groups excluding carboxylic acids is 3. The first-order chi connectivity index (χ1) is 12.0. The quantitative estimate of drug-likeness (QED) is 0.736. The third-order valence-corrected chi connectivity index (χ3v) is 5.08. The van der Waals surface area contributed by atoms with E-state index in [4.69, 9.17) is 0 Å². The molecule has 2 aliphatic heterocycles. The Morgan fingerprint density at radius 2 is 2.16 bits per heavy atom. The standard InChI is InChI=1S/C18H20N4O3/c1-10-3-2-4-11-12-9-22(8-7-13(12)19-16(10)11)15(23)6-5-14-17(24)21-18(25)20-14/h2-4,14,19H,5-9H2,1H3,(H2,20,21,24,25)/t14-/m0/s1. The lowest BCUT2D eigenvalue weighted by atomic mass is 10.0. The van der Waals surface area contributed by atoms with Gasteiger partial charge in [-0.05, 0) is 18.9 Å². The summed E-state index contributed by atoms with van der Waals surface area (Å²) < 4.78 is 0. The second kappa shape index (κ2) is 5.91. The molecule has 25 heavy (non-hydrogen) atoms. The molecule has 1 aromatic carbocycles. The van der Waals surface area contributed by atoms with Gasteiger partial charge in [0, 0.05) is 48.1 Å². The number of rotatable bonds is 3. The van der Waals surface area contributed by atoms with Gasteiger partial charge in [-0.1, -0.05) is 18.2 Å². The molecule has 0 spiro atoms. The Morgan fingerprint density at radius 3 is 2.92 bits per heavy atom. The Morgan fingerprint density at radius 1 is 1.32 bits per heavy atom. The fraction of sp³-hybridized carbons (Fsp3) is 0.389. The van der Waals surface area contributed by atoms with Crippen LogP contribution >= 0.6 is 0 Å². The number of aromatic nitrogens is 1. The van der Waals surface area contributed by atoms with Crippen molar-refractivity contribution >= 4 is 28.7 Å². The second-order valence-corrected chi connectivity index (χ2v) is 6.70. The van der Waals surface area contributed by atoms with Crippen molar-refractivity contribution in [1.29, 1.82) is 0 Å². The Hall–Kier alpha value is -2.83. The number of aromatic amines is 1. The van der Waals surface area contributed by atoms with Crippen LogP contribution in [0.4, 0.5) is 4.79 Å². The van der Waals surface area contributed by atoms with Crippen LogP contribution in [0.2, 0.25) is 0 Å². The van der Waals surface area contributed by atoms with Gasteiger partial charge >= 0.3 is 6.03 Å². The average Bonchev–Trinajstić information content (AvgIpc) is 3.12. The van der Waals surface area contributed by atoms with Crippen LogP contribution in [0.3, 0.4) is 0 Å². The van der Waals surface area contributed by atoms with Crippen molar-refractivity contribution in [3.05, 3.63) is 35.0 Å². The number of fused-ring (bicyclic) bond motifs is 3. The van der Waals surface area contributed by atoms with E-state index in [-0.39, 0.29) is 18.2 Å². The molecule has 1 aromatic heterocycles. The maximum atomic E-state index is 12.5. The van der Waals surface area contributed by atoms with Crippen molar-refractivity contribution in [3.63, 3.8) is 0 Å². The summed E-state index contributed by atoms with van der Waals surface area (Å²) in [6, 6.07) is 5.11. The van der Waals surface area contributed by atoms with Crippen molar-refractivity contribution in [2.75, 3.05) is 6.54 Å². The summed E-state index contributed by atoms with van der Waals surface area (Å²) in [5.74, 6) is -0.340. The molecule has 1 fully saturated rings. The van der Waals surface area contributed by atoms with Crippen LogP contribution in [0.15, 0.2) is 18.2 Å². The maximum Gasteiger partial charge on any atom is 0.322 e. The minimum atomic E-state index is -0.604. The number of imide groups is 1. The highest BCUT2D eigenvalue weighted by molar-refractivity contribution is 6.04. The lowest BCUT2D eigenvalue weighted by Gasteiger charge is -2.27. The van der Waals surface area contributed by atoms with E-state index >= 15 is 0 Å². The smallest absolute Gasteiger partial charge is 0.322 e. The van der Waals surface area contributed by atoms with Crippen molar-refractivity contribution in [3.8, 4) is 0 Å². The Balaban J connectivity index is 1.46. The van der Waals surface area contributed by atoms with E-state index in [1.165, 1.54) is 22.2 Å².